The summed E-state index contributed by atoms with van der Waals surface area (Å²) in [5.74, 6) is 0. The third kappa shape index (κ3) is 9.35. The summed E-state index contributed by atoms with van der Waals surface area (Å²) < 4.78 is 0. The van der Waals surface area contributed by atoms with Gasteiger partial charge in [-0.2, -0.15) is 0 Å². The van der Waals surface area contributed by atoms with Gasteiger partial charge in [-0.3, -0.25) is 0 Å². The fraction of sp³-hybridized carbons (Fsp3) is 0.571. The average molecular weight is 191 g/mol. The molecule has 0 bridgehead atoms. The molecule has 0 aromatic rings. The summed E-state index contributed by atoms with van der Waals surface area (Å²) in [5.41, 5.74) is 5.99. The van der Waals surface area contributed by atoms with Gasteiger partial charge in [0.05, 0.1) is 0 Å². The van der Waals surface area contributed by atoms with Crippen LogP contribution in [0.1, 0.15) is 47.5 Å². The molecule has 0 nitrogen and oxygen atoms in total. The van der Waals surface area contributed by atoms with E-state index < -0.39 is 0 Å². The normalized spacial score (nSPS) is 10.4. The highest BCUT2D eigenvalue weighted by molar-refractivity contribution is 5.05. The van der Waals surface area contributed by atoms with Crippen LogP contribution >= 0.6 is 0 Å². The van der Waals surface area contributed by atoms with E-state index in [1.807, 2.05) is 6.08 Å². The Morgan fingerprint density at radius 1 is 1.29 bits per heavy atom. The summed E-state index contributed by atoms with van der Waals surface area (Å²) >= 11 is 0. The second-order valence-corrected chi connectivity index (χ2v) is 4.88. The number of hydrogen-bond donors (Lipinski definition) is 0. The maximum atomic E-state index is 4.01. The highest BCUT2D eigenvalue weighted by Crippen LogP contribution is 2.14. The van der Waals surface area contributed by atoms with Gasteiger partial charge in [-0.1, -0.05) is 25.5 Å². The molecule has 0 amide bonds. The largest absolute Gasteiger partial charge is 0.126 e. The van der Waals surface area contributed by atoms with Gasteiger partial charge in [0, 0.05) is 0 Å². The highest BCUT2D eigenvalue weighted by Gasteiger charge is 2.02. The van der Waals surface area contributed by atoms with Gasteiger partial charge in [-0.25, -0.2) is 0 Å². The predicted octanol–water partition coefficient (Wildman–Crippen LogP) is 4.69. The maximum Gasteiger partial charge on any atom is -0.00987 e. The molecule has 0 aliphatic heterocycles. The van der Waals surface area contributed by atoms with Crippen LogP contribution in [0.5, 0.6) is 0 Å². The number of hydrogen-bond acceptors (Lipinski definition) is 0. The van der Waals surface area contributed by atoms with Crippen molar-refractivity contribution >= 4 is 0 Å². The zero-order valence-electron chi connectivity index (χ0n) is 10.3. The molecular weight excluding hydrogens is 168 g/mol. The van der Waals surface area contributed by atoms with Crippen LogP contribution in [0.3, 0.4) is 0 Å². The van der Waals surface area contributed by atoms with Crippen molar-refractivity contribution in [3.8, 4) is 0 Å². The van der Waals surface area contributed by atoms with Gasteiger partial charge >= 0.3 is 0 Å². The Balaban J connectivity index is 4.15. The third-order valence-electron chi connectivity index (χ3n) is 1.78. The van der Waals surface area contributed by atoms with E-state index in [4.69, 9.17) is 0 Å². The van der Waals surface area contributed by atoms with Crippen LogP contribution in [-0.4, -0.2) is 0 Å². The van der Waals surface area contributed by atoms with E-state index in [9.17, 15) is 0 Å². The molecule has 0 fully saturated rings. The van der Waals surface area contributed by atoms with E-state index in [1.54, 1.807) is 0 Å². The molecule has 0 aromatic carbocycles. The average Bonchev–Trinajstić information content (AvgIpc) is 1.99. The van der Waals surface area contributed by atoms with Crippen molar-refractivity contribution in [2.24, 2.45) is 5.41 Å². The van der Waals surface area contributed by atoms with Gasteiger partial charge in [-0.15, -0.1) is 5.73 Å². The van der Waals surface area contributed by atoms with Gasteiger partial charge < -0.3 is 0 Å². The molecule has 0 heterocycles. The molecule has 14 heavy (non-hydrogen) atoms. The van der Waals surface area contributed by atoms with Crippen LogP contribution in [0.2, 0.25) is 0 Å². The minimum atomic E-state index is -0.00221. The number of allylic oxidation sites excluding steroid dienone is 3. The van der Waals surface area contributed by atoms with Crippen molar-refractivity contribution in [1.29, 1.82) is 0 Å². The Morgan fingerprint density at radius 3 is 2.29 bits per heavy atom. The lowest BCUT2D eigenvalue weighted by atomic mass is 9.96. The summed E-state index contributed by atoms with van der Waals surface area (Å²) in [6.45, 7) is 14.6. The fourth-order valence-corrected chi connectivity index (χ4v) is 0.968. The zero-order chi connectivity index (χ0) is 11.2. The first kappa shape index (κ1) is 13.3. The van der Waals surface area contributed by atoms with Crippen molar-refractivity contribution in [1.82, 2.24) is 0 Å². The van der Waals surface area contributed by atoms with Crippen molar-refractivity contribution < 1.29 is 0 Å². The Hall–Kier alpha value is -0.740. The monoisotopic (exact) mass is 191 g/mol. The van der Waals surface area contributed by atoms with E-state index in [2.05, 4.69) is 53.3 Å². The molecule has 0 heteroatoms. The van der Waals surface area contributed by atoms with Crippen LogP contribution in [0.25, 0.3) is 0 Å². The van der Waals surface area contributed by atoms with E-state index in [0.717, 1.165) is 12.8 Å². The van der Waals surface area contributed by atoms with E-state index >= 15 is 0 Å². The lowest BCUT2D eigenvalue weighted by molar-refractivity contribution is 0.621. The minimum absolute atomic E-state index is 0.00221. The van der Waals surface area contributed by atoms with Gasteiger partial charge in [0.25, 0.3) is 0 Å². The standard InChI is InChI=1S/C14H23/c1-12(2)8-7-9-13(3)10-11-14(4,5)6/h8,11H,4,7,9H2,1-3,5-6H3. The van der Waals surface area contributed by atoms with Crippen molar-refractivity contribution in [2.45, 2.75) is 47.5 Å². The third-order valence-corrected chi connectivity index (χ3v) is 1.78. The van der Waals surface area contributed by atoms with E-state index in [1.165, 1.54) is 11.1 Å². The molecule has 0 saturated heterocycles. The topological polar surface area (TPSA) is 0 Å². The zero-order valence-corrected chi connectivity index (χ0v) is 10.3. The Labute approximate surface area is 89.4 Å². The summed E-state index contributed by atoms with van der Waals surface area (Å²) in [7, 11) is 0. The van der Waals surface area contributed by atoms with Crippen LogP contribution < -0.4 is 0 Å². The fourth-order valence-electron chi connectivity index (χ4n) is 0.968. The molecule has 0 N–H and O–H groups in total. The van der Waals surface area contributed by atoms with Crippen molar-refractivity contribution in [3.63, 3.8) is 0 Å². The minimum Gasteiger partial charge on any atom is -0.126 e. The molecule has 79 valence electrons. The van der Waals surface area contributed by atoms with Crippen LogP contribution in [-0.2, 0) is 0 Å². The van der Waals surface area contributed by atoms with Gasteiger partial charge in [0.15, 0.2) is 0 Å². The van der Waals surface area contributed by atoms with E-state index in [0.29, 0.717) is 0 Å². The molecule has 0 aromatic heterocycles. The van der Waals surface area contributed by atoms with Crippen LogP contribution in [0.15, 0.2) is 29.0 Å². The maximum absolute atomic E-state index is 4.01. The Kier molecular flexibility index (Phi) is 5.57. The molecule has 1 radical (unpaired) electrons. The quantitative estimate of drug-likeness (QED) is 0.446. The molecule has 0 spiro atoms. The lowest BCUT2D eigenvalue weighted by Crippen LogP contribution is -1.98. The summed E-state index contributed by atoms with van der Waals surface area (Å²) in [4.78, 5) is 0. The first-order chi connectivity index (χ1) is 6.31. The molecule has 0 aliphatic carbocycles. The molecule has 0 unspecified atom stereocenters. The molecule has 0 atom stereocenters. The van der Waals surface area contributed by atoms with Gasteiger partial charge in [0.1, 0.15) is 0 Å². The summed E-state index contributed by atoms with van der Waals surface area (Å²) in [6.07, 6.45) is 6.52. The molecule has 0 aliphatic rings. The predicted molar refractivity (Wildman–Crippen MR) is 65.1 cm³/mol. The van der Waals surface area contributed by atoms with Crippen molar-refractivity contribution in [2.75, 3.05) is 0 Å². The first-order valence-electron chi connectivity index (χ1n) is 5.23. The summed E-state index contributed by atoms with van der Waals surface area (Å²) in [5, 5.41) is 0. The first-order valence-corrected chi connectivity index (χ1v) is 5.23. The van der Waals surface area contributed by atoms with Crippen LogP contribution in [0, 0.1) is 12.3 Å². The molecule has 0 saturated carbocycles. The number of rotatable bonds is 4. The van der Waals surface area contributed by atoms with Gasteiger partial charge in [-0.05, 0) is 57.6 Å². The lowest BCUT2D eigenvalue weighted by Gasteiger charge is -2.08. The van der Waals surface area contributed by atoms with Gasteiger partial charge in [0.2, 0.25) is 0 Å². The second kappa shape index (κ2) is 5.88. The second-order valence-electron chi connectivity index (χ2n) is 4.88. The molecule has 0 rings (SSSR count). The summed E-state index contributed by atoms with van der Waals surface area (Å²) in [6, 6.07) is 0. The SMILES string of the molecule is [CH2]C(C)(C)C=C=C(C)CCC=C(C)C. The van der Waals surface area contributed by atoms with Crippen LogP contribution in [0.4, 0.5) is 0 Å². The highest BCUT2D eigenvalue weighted by atomic mass is 14.1. The van der Waals surface area contributed by atoms with E-state index in [-0.39, 0.29) is 5.41 Å². The molecular formula is C14H23. The Morgan fingerprint density at radius 2 is 1.86 bits per heavy atom. The Bertz CT molecular complexity index is 248. The smallest absolute Gasteiger partial charge is 0.00987 e. The van der Waals surface area contributed by atoms with Crippen molar-refractivity contribution in [3.05, 3.63) is 36.0 Å².